The molecule has 17 heavy (non-hydrogen) atoms. The molecule has 1 saturated heterocycles. The van der Waals surface area contributed by atoms with Gasteiger partial charge in [0.1, 0.15) is 0 Å². The Labute approximate surface area is 101 Å². The molecule has 1 aliphatic heterocycles. The highest BCUT2D eigenvalue weighted by atomic mass is 16.4. The van der Waals surface area contributed by atoms with Gasteiger partial charge in [-0.1, -0.05) is 6.92 Å². The molecule has 1 aromatic rings. The summed E-state index contributed by atoms with van der Waals surface area (Å²) in [4.78, 5) is 17.1. The first-order valence-corrected chi connectivity index (χ1v) is 6.07. The van der Waals surface area contributed by atoms with Crippen LogP contribution in [0.25, 0.3) is 0 Å². The van der Waals surface area contributed by atoms with Crippen LogP contribution in [0.2, 0.25) is 0 Å². The molecular weight excluding hydrogens is 218 g/mol. The second kappa shape index (κ2) is 5.31. The second-order valence-electron chi connectivity index (χ2n) is 4.80. The number of aryl methyl sites for hydroxylation is 1. The molecular formula is C12H19N3O2. The average Bonchev–Trinajstić information content (AvgIpc) is 2.73. The van der Waals surface area contributed by atoms with Crippen molar-refractivity contribution in [2.24, 2.45) is 11.8 Å². The van der Waals surface area contributed by atoms with Crippen molar-refractivity contribution in [3.63, 3.8) is 0 Å². The zero-order chi connectivity index (χ0) is 12.3. The van der Waals surface area contributed by atoms with Gasteiger partial charge in [0, 0.05) is 32.0 Å². The van der Waals surface area contributed by atoms with Crippen LogP contribution in [0.3, 0.4) is 0 Å². The number of aliphatic carboxylic acids is 1. The SMILES string of the molecule is CC(C(=O)O)C1CN(CCCn2ccnc2)C1. The second-order valence-corrected chi connectivity index (χ2v) is 4.80. The lowest BCUT2D eigenvalue weighted by molar-refractivity contribution is -0.145. The highest BCUT2D eigenvalue weighted by Crippen LogP contribution is 2.23. The van der Waals surface area contributed by atoms with Gasteiger partial charge in [-0.2, -0.15) is 0 Å². The molecule has 94 valence electrons. The molecule has 1 N–H and O–H groups in total. The van der Waals surface area contributed by atoms with Gasteiger partial charge in [-0.15, -0.1) is 0 Å². The Bertz CT molecular complexity index is 358. The van der Waals surface area contributed by atoms with Crippen LogP contribution in [0, 0.1) is 11.8 Å². The summed E-state index contributed by atoms with van der Waals surface area (Å²) < 4.78 is 2.07. The Morgan fingerprint density at radius 2 is 2.29 bits per heavy atom. The zero-order valence-electron chi connectivity index (χ0n) is 10.1. The van der Waals surface area contributed by atoms with Crippen LogP contribution in [0.15, 0.2) is 18.7 Å². The van der Waals surface area contributed by atoms with Gasteiger partial charge in [0.05, 0.1) is 12.2 Å². The number of hydrogen-bond acceptors (Lipinski definition) is 3. The molecule has 2 rings (SSSR count). The minimum atomic E-state index is -0.673. The van der Waals surface area contributed by atoms with Crippen molar-refractivity contribution in [1.29, 1.82) is 0 Å². The van der Waals surface area contributed by atoms with E-state index in [0.717, 1.165) is 32.6 Å². The molecule has 5 heteroatoms. The lowest BCUT2D eigenvalue weighted by atomic mass is 9.87. The standard InChI is InChI=1S/C12H19N3O2/c1-10(12(16)17)11-7-15(8-11)5-2-4-14-6-3-13-9-14/h3,6,9-11H,2,4-5,7-8H2,1H3,(H,16,17). The molecule has 0 aromatic carbocycles. The van der Waals surface area contributed by atoms with Crippen molar-refractivity contribution >= 4 is 5.97 Å². The predicted molar refractivity (Wildman–Crippen MR) is 63.6 cm³/mol. The molecule has 1 fully saturated rings. The lowest BCUT2D eigenvalue weighted by Gasteiger charge is -2.41. The third-order valence-electron chi connectivity index (χ3n) is 3.53. The normalized spacial score (nSPS) is 18.9. The largest absolute Gasteiger partial charge is 0.481 e. The molecule has 0 amide bonds. The fourth-order valence-corrected chi connectivity index (χ4v) is 2.21. The van der Waals surface area contributed by atoms with E-state index in [2.05, 4.69) is 14.5 Å². The molecule has 0 bridgehead atoms. The Morgan fingerprint density at radius 3 is 2.88 bits per heavy atom. The van der Waals surface area contributed by atoms with E-state index in [1.807, 2.05) is 12.5 Å². The minimum Gasteiger partial charge on any atom is -0.481 e. The van der Waals surface area contributed by atoms with Gasteiger partial charge in [0.2, 0.25) is 0 Å². The molecule has 2 heterocycles. The summed E-state index contributed by atoms with van der Waals surface area (Å²) in [6, 6.07) is 0. The summed E-state index contributed by atoms with van der Waals surface area (Å²) in [5, 5.41) is 8.88. The predicted octanol–water partition coefficient (Wildman–Crippen LogP) is 0.926. The topological polar surface area (TPSA) is 58.4 Å². The van der Waals surface area contributed by atoms with Crippen LogP contribution in [0.5, 0.6) is 0 Å². The first-order valence-electron chi connectivity index (χ1n) is 6.07. The van der Waals surface area contributed by atoms with E-state index in [1.165, 1.54) is 0 Å². The van der Waals surface area contributed by atoms with Gasteiger partial charge < -0.3 is 14.6 Å². The van der Waals surface area contributed by atoms with Crippen LogP contribution in [-0.4, -0.2) is 45.2 Å². The Balaban J connectivity index is 1.60. The lowest BCUT2D eigenvalue weighted by Crippen LogP contribution is -2.51. The number of carboxylic acid groups (broad SMARTS) is 1. The number of carboxylic acids is 1. The molecule has 1 aliphatic rings. The van der Waals surface area contributed by atoms with Crippen LogP contribution in [0.4, 0.5) is 0 Å². The third-order valence-corrected chi connectivity index (χ3v) is 3.53. The molecule has 1 atom stereocenters. The monoisotopic (exact) mass is 237 g/mol. The summed E-state index contributed by atoms with van der Waals surface area (Å²) in [7, 11) is 0. The Kier molecular flexibility index (Phi) is 3.78. The van der Waals surface area contributed by atoms with Crippen LogP contribution < -0.4 is 0 Å². The molecule has 0 saturated carbocycles. The maximum absolute atomic E-state index is 10.8. The first-order chi connectivity index (χ1) is 8.16. The van der Waals surface area contributed by atoms with E-state index in [4.69, 9.17) is 5.11 Å². The van der Waals surface area contributed by atoms with Gasteiger partial charge in [-0.05, 0) is 18.9 Å². The smallest absolute Gasteiger partial charge is 0.306 e. The summed E-state index contributed by atoms with van der Waals surface area (Å²) >= 11 is 0. The third kappa shape index (κ3) is 3.06. The number of rotatable bonds is 6. The van der Waals surface area contributed by atoms with Crippen LogP contribution in [-0.2, 0) is 11.3 Å². The van der Waals surface area contributed by atoms with Gasteiger partial charge in [0.25, 0.3) is 0 Å². The fourth-order valence-electron chi connectivity index (χ4n) is 2.21. The summed E-state index contributed by atoms with van der Waals surface area (Å²) in [6.45, 7) is 5.68. The van der Waals surface area contributed by atoms with E-state index >= 15 is 0 Å². The minimum absolute atomic E-state index is 0.208. The van der Waals surface area contributed by atoms with E-state index in [-0.39, 0.29) is 5.92 Å². The Hall–Kier alpha value is -1.36. The molecule has 5 nitrogen and oxygen atoms in total. The Morgan fingerprint density at radius 1 is 1.53 bits per heavy atom. The molecule has 1 aromatic heterocycles. The number of carbonyl (C=O) groups is 1. The van der Waals surface area contributed by atoms with E-state index in [1.54, 1.807) is 13.1 Å². The van der Waals surface area contributed by atoms with E-state index < -0.39 is 5.97 Å². The highest BCUT2D eigenvalue weighted by molar-refractivity contribution is 5.70. The van der Waals surface area contributed by atoms with Crippen molar-refractivity contribution in [3.05, 3.63) is 18.7 Å². The number of hydrogen-bond donors (Lipinski definition) is 1. The summed E-state index contributed by atoms with van der Waals surface area (Å²) in [6.07, 6.45) is 6.66. The maximum Gasteiger partial charge on any atom is 0.306 e. The van der Waals surface area contributed by atoms with Crippen LogP contribution in [0.1, 0.15) is 13.3 Å². The van der Waals surface area contributed by atoms with E-state index in [9.17, 15) is 4.79 Å². The van der Waals surface area contributed by atoms with Gasteiger partial charge in [-0.3, -0.25) is 4.79 Å². The fraction of sp³-hybridized carbons (Fsp3) is 0.667. The van der Waals surface area contributed by atoms with E-state index in [0.29, 0.717) is 5.92 Å². The van der Waals surface area contributed by atoms with Gasteiger partial charge in [0.15, 0.2) is 0 Å². The first kappa shape index (κ1) is 12.1. The van der Waals surface area contributed by atoms with Crippen molar-refractivity contribution in [2.75, 3.05) is 19.6 Å². The number of nitrogens with zero attached hydrogens (tertiary/aromatic N) is 3. The zero-order valence-corrected chi connectivity index (χ0v) is 10.1. The van der Waals surface area contributed by atoms with Crippen LogP contribution >= 0.6 is 0 Å². The summed E-state index contributed by atoms with van der Waals surface area (Å²) in [5.41, 5.74) is 0. The number of aromatic nitrogens is 2. The molecule has 0 aliphatic carbocycles. The quantitative estimate of drug-likeness (QED) is 0.799. The molecule has 0 spiro atoms. The average molecular weight is 237 g/mol. The number of likely N-dealkylation sites (tertiary alicyclic amines) is 1. The molecule has 0 radical (unpaired) electrons. The van der Waals surface area contributed by atoms with Crippen molar-refractivity contribution in [1.82, 2.24) is 14.5 Å². The highest BCUT2D eigenvalue weighted by Gasteiger charge is 2.33. The maximum atomic E-state index is 10.8. The molecule has 1 unspecified atom stereocenters. The van der Waals surface area contributed by atoms with Gasteiger partial charge >= 0.3 is 5.97 Å². The van der Waals surface area contributed by atoms with Crippen molar-refractivity contribution < 1.29 is 9.90 Å². The number of imidazole rings is 1. The van der Waals surface area contributed by atoms with Crippen molar-refractivity contribution in [2.45, 2.75) is 19.9 Å². The van der Waals surface area contributed by atoms with Gasteiger partial charge in [-0.25, -0.2) is 4.98 Å². The van der Waals surface area contributed by atoms with Crippen molar-refractivity contribution in [3.8, 4) is 0 Å². The summed E-state index contributed by atoms with van der Waals surface area (Å²) in [5.74, 6) is -0.547.